The van der Waals surface area contributed by atoms with E-state index in [1.54, 1.807) is 16.3 Å². The number of aliphatic hydroxyl groups is 2. The first-order chi connectivity index (χ1) is 10.2. The van der Waals surface area contributed by atoms with Crippen molar-refractivity contribution in [2.75, 3.05) is 12.9 Å². The number of fused-ring (bicyclic) bond motifs is 1. The van der Waals surface area contributed by atoms with Crippen LogP contribution in [0.5, 0.6) is 0 Å². The predicted molar refractivity (Wildman–Crippen MR) is 88.2 cm³/mol. The van der Waals surface area contributed by atoms with E-state index in [0.717, 1.165) is 16.2 Å². The number of thioether (sulfide) groups is 1. The minimum Gasteiger partial charge on any atom is -0.394 e. The molecule has 7 heteroatoms. The number of rotatable bonds is 3. The maximum absolute atomic E-state index is 9.80. The molecule has 3 heterocycles. The molecule has 3 atom stereocenters. The third-order valence-electron chi connectivity index (χ3n) is 3.37. The average Bonchev–Trinajstić information content (AvgIpc) is 3.11. The lowest BCUT2D eigenvalue weighted by Gasteiger charge is -2.12. The summed E-state index contributed by atoms with van der Waals surface area (Å²) in [6, 6.07) is 3.88. The minimum atomic E-state index is -0.637. The van der Waals surface area contributed by atoms with Gasteiger partial charge in [-0.1, -0.05) is 21.3 Å². The molecule has 1 unspecified atom stereocenters. The fraction of sp³-hybridized carbons (Fsp3) is 0.600. The molecule has 0 bridgehead atoms. The highest BCUT2D eigenvalue weighted by Gasteiger charge is 2.35. The van der Waals surface area contributed by atoms with E-state index in [9.17, 15) is 5.11 Å². The maximum atomic E-state index is 9.80. The quantitative estimate of drug-likeness (QED) is 0.842. The summed E-state index contributed by atoms with van der Waals surface area (Å²) < 4.78 is 7.45. The fourth-order valence-corrected chi connectivity index (χ4v) is 2.93. The summed E-state index contributed by atoms with van der Waals surface area (Å²) in [6.07, 6.45) is 2.54. The predicted octanol–water partition coefficient (Wildman–Crippen LogP) is 2.30. The molecule has 0 aromatic carbocycles. The van der Waals surface area contributed by atoms with Gasteiger partial charge in [0.1, 0.15) is 23.6 Å². The summed E-state index contributed by atoms with van der Waals surface area (Å²) in [4.78, 5) is 4.21. The normalized spacial score (nSPS) is 23.8. The van der Waals surface area contributed by atoms with Gasteiger partial charge < -0.3 is 14.9 Å². The second-order valence-corrected chi connectivity index (χ2v) is 5.27. The number of nitrogens with zero attached hydrogens (tertiary/aromatic N) is 3. The molecule has 3 rings (SSSR count). The second kappa shape index (κ2) is 8.47. The summed E-state index contributed by atoms with van der Waals surface area (Å²) in [5.41, 5.74) is 1.80. The Morgan fingerprint density at radius 1 is 1.41 bits per heavy atom. The summed E-state index contributed by atoms with van der Waals surface area (Å²) in [6.45, 7) is 3.83. The highest BCUT2D eigenvalue weighted by atomic mass is 32.2. The van der Waals surface area contributed by atoms with Crippen molar-refractivity contribution in [1.82, 2.24) is 14.6 Å². The van der Waals surface area contributed by atoms with Crippen LogP contribution in [0.2, 0.25) is 0 Å². The number of ether oxygens (including phenoxy) is 1. The van der Waals surface area contributed by atoms with E-state index >= 15 is 0 Å². The molecule has 0 aliphatic carbocycles. The highest BCUT2D eigenvalue weighted by molar-refractivity contribution is 7.98. The second-order valence-electron chi connectivity index (χ2n) is 4.47. The Balaban J connectivity index is 0.000000775. The molecule has 0 saturated carbocycles. The Labute approximate surface area is 135 Å². The van der Waals surface area contributed by atoms with E-state index in [2.05, 4.69) is 10.1 Å². The van der Waals surface area contributed by atoms with Crippen molar-refractivity contribution in [3.63, 3.8) is 0 Å². The zero-order chi connectivity index (χ0) is 15.4. The largest absolute Gasteiger partial charge is 0.394 e. The Kier molecular flexibility index (Phi) is 7.28. The molecule has 6 nitrogen and oxygen atoms in total. The lowest BCUT2D eigenvalue weighted by atomic mass is 10.1. The number of aliphatic hydroxyl groups excluding tert-OH is 2. The van der Waals surface area contributed by atoms with Gasteiger partial charge in [0.2, 0.25) is 0 Å². The van der Waals surface area contributed by atoms with Crippen LogP contribution >= 0.6 is 11.8 Å². The molecule has 0 spiro atoms. The fourth-order valence-electron chi connectivity index (χ4n) is 2.42. The molecule has 2 aromatic rings. The molecule has 1 saturated heterocycles. The van der Waals surface area contributed by atoms with Gasteiger partial charge in [-0.15, -0.1) is 11.8 Å². The van der Waals surface area contributed by atoms with Crippen LogP contribution in [0.15, 0.2) is 23.5 Å². The first-order valence-corrected chi connectivity index (χ1v) is 8.28. The van der Waals surface area contributed by atoms with Crippen molar-refractivity contribution >= 4 is 17.3 Å². The van der Waals surface area contributed by atoms with Crippen molar-refractivity contribution in [3.05, 3.63) is 24.2 Å². The van der Waals surface area contributed by atoms with Crippen molar-refractivity contribution in [2.45, 2.75) is 51.0 Å². The molecule has 2 N–H and O–H groups in total. The SMILES string of the molecule is C.CC.CSc1ncnn2c(C3C[C@H](O)[C@@H](CO)O3)ccc12. The van der Waals surface area contributed by atoms with Crippen LogP contribution in [0.4, 0.5) is 0 Å². The molecule has 22 heavy (non-hydrogen) atoms. The van der Waals surface area contributed by atoms with Gasteiger partial charge in [0.15, 0.2) is 0 Å². The van der Waals surface area contributed by atoms with E-state index in [0.29, 0.717) is 6.42 Å². The van der Waals surface area contributed by atoms with Crippen molar-refractivity contribution in [2.24, 2.45) is 0 Å². The average molecular weight is 327 g/mol. The number of hydrogen-bond donors (Lipinski definition) is 2. The lowest BCUT2D eigenvalue weighted by molar-refractivity contribution is -0.0239. The Morgan fingerprint density at radius 2 is 2.14 bits per heavy atom. The van der Waals surface area contributed by atoms with Gasteiger partial charge in [-0.3, -0.25) is 0 Å². The van der Waals surface area contributed by atoms with Crippen LogP contribution in [0.3, 0.4) is 0 Å². The summed E-state index contributed by atoms with van der Waals surface area (Å²) in [5, 5.41) is 24.1. The third kappa shape index (κ3) is 3.43. The highest BCUT2D eigenvalue weighted by Crippen LogP contribution is 2.34. The van der Waals surface area contributed by atoms with Crippen molar-refractivity contribution < 1.29 is 14.9 Å². The zero-order valence-corrected chi connectivity index (χ0v) is 13.2. The minimum absolute atomic E-state index is 0. The van der Waals surface area contributed by atoms with Crippen LogP contribution in [0, 0.1) is 0 Å². The van der Waals surface area contributed by atoms with Crippen LogP contribution < -0.4 is 0 Å². The van der Waals surface area contributed by atoms with E-state index in [-0.39, 0.29) is 20.1 Å². The van der Waals surface area contributed by atoms with Crippen LogP contribution in [0.25, 0.3) is 5.52 Å². The van der Waals surface area contributed by atoms with Gasteiger partial charge in [-0.2, -0.15) is 5.10 Å². The topological polar surface area (TPSA) is 79.9 Å². The molecule has 1 aliphatic heterocycles. The van der Waals surface area contributed by atoms with Crippen LogP contribution in [0.1, 0.15) is 39.5 Å². The zero-order valence-electron chi connectivity index (χ0n) is 12.4. The lowest BCUT2D eigenvalue weighted by Crippen LogP contribution is -2.24. The molecule has 2 aromatic heterocycles. The van der Waals surface area contributed by atoms with E-state index in [1.165, 1.54) is 6.33 Å². The van der Waals surface area contributed by atoms with Gasteiger partial charge in [-0.25, -0.2) is 9.50 Å². The number of hydrogen-bond acceptors (Lipinski definition) is 6. The Bertz CT molecular complexity index is 590. The first kappa shape index (κ1) is 18.9. The Hall–Kier alpha value is -1.15. The van der Waals surface area contributed by atoms with Gasteiger partial charge in [0.05, 0.1) is 23.9 Å². The Morgan fingerprint density at radius 3 is 2.73 bits per heavy atom. The molecular weight excluding hydrogens is 302 g/mol. The molecule has 1 aliphatic rings. The third-order valence-corrected chi connectivity index (χ3v) is 4.07. The van der Waals surface area contributed by atoms with Gasteiger partial charge >= 0.3 is 0 Å². The monoisotopic (exact) mass is 327 g/mol. The van der Waals surface area contributed by atoms with E-state index in [1.807, 2.05) is 32.2 Å². The standard InChI is InChI=1S/C12H15N3O3S.C2H6.CH4/c1-19-12-8-3-2-7(15(8)14-6-13-12)10-4-9(17)11(5-16)18-10;1-2;/h2-3,6,9-11,16-17H,4-5H2,1H3;1-2H3;1H4/t9-,10?,11+;;/m0../s1. The van der Waals surface area contributed by atoms with Gasteiger partial charge in [-0.05, 0) is 18.4 Å². The van der Waals surface area contributed by atoms with Crippen molar-refractivity contribution in [1.29, 1.82) is 0 Å². The molecular formula is C15H25N3O3S. The molecule has 1 fully saturated rings. The molecule has 124 valence electrons. The van der Waals surface area contributed by atoms with Gasteiger partial charge in [0.25, 0.3) is 0 Å². The summed E-state index contributed by atoms with van der Waals surface area (Å²) in [5.74, 6) is 0. The molecule has 0 amide bonds. The van der Waals surface area contributed by atoms with E-state index < -0.39 is 12.2 Å². The van der Waals surface area contributed by atoms with Crippen LogP contribution in [-0.2, 0) is 4.74 Å². The number of aromatic nitrogens is 3. The van der Waals surface area contributed by atoms with Crippen molar-refractivity contribution in [3.8, 4) is 0 Å². The summed E-state index contributed by atoms with van der Waals surface area (Å²) in [7, 11) is 0. The van der Waals surface area contributed by atoms with E-state index in [4.69, 9.17) is 9.84 Å². The first-order valence-electron chi connectivity index (χ1n) is 7.05. The van der Waals surface area contributed by atoms with Crippen LogP contribution in [-0.4, -0.2) is 49.9 Å². The van der Waals surface area contributed by atoms with Gasteiger partial charge in [0, 0.05) is 6.42 Å². The maximum Gasteiger partial charge on any atom is 0.137 e. The smallest absolute Gasteiger partial charge is 0.137 e. The summed E-state index contributed by atoms with van der Waals surface area (Å²) >= 11 is 1.56. The molecule has 0 radical (unpaired) electrons.